The predicted octanol–water partition coefficient (Wildman–Crippen LogP) is 0.0971. The van der Waals surface area contributed by atoms with Crippen molar-refractivity contribution < 1.29 is 19.4 Å². The zero-order chi connectivity index (χ0) is 15.3. The number of rotatable bonds is 5. The SMILES string of the molecule is CC1(C)CN(CCCC(=O)N2CCOCC2)CC(CO)O1. The van der Waals surface area contributed by atoms with Gasteiger partial charge in [-0.2, -0.15) is 0 Å². The lowest BCUT2D eigenvalue weighted by molar-refractivity contribution is -0.149. The standard InChI is InChI=1S/C15H28N2O4/c1-15(2)12-16(10-13(11-18)21-15)5-3-4-14(19)17-6-8-20-9-7-17/h13,18H,3-12H2,1-2H3. The largest absolute Gasteiger partial charge is 0.394 e. The minimum atomic E-state index is -0.236. The van der Waals surface area contributed by atoms with E-state index in [4.69, 9.17) is 9.47 Å². The van der Waals surface area contributed by atoms with Crippen molar-refractivity contribution in [3.63, 3.8) is 0 Å². The number of aliphatic hydroxyl groups is 1. The number of carbonyl (C=O) groups excluding carboxylic acids is 1. The lowest BCUT2D eigenvalue weighted by atomic mass is 10.0. The second-order valence-electron chi connectivity index (χ2n) is 6.51. The number of ether oxygens (including phenoxy) is 2. The summed E-state index contributed by atoms with van der Waals surface area (Å²) in [5.41, 5.74) is -0.236. The number of morpholine rings is 2. The number of aliphatic hydroxyl groups excluding tert-OH is 1. The van der Waals surface area contributed by atoms with Crippen LogP contribution in [0.25, 0.3) is 0 Å². The van der Waals surface area contributed by atoms with Gasteiger partial charge in [0.1, 0.15) is 0 Å². The Morgan fingerprint density at radius 1 is 1.33 bits per heavy atom. The molecule has 2 fully saturated rings. The highest BCUT2D eigenvalue weighted by Crippen LogP contribution is 2.21. The van der Waals surface area contributed by atoms with Gasteiger partial charge in [-0.25, -0.2) is 0 Å². The van der Waals surface area contributed by atoms with Crippen LogP contribution in [0.2, 0.25) is 0 Å². The lowest BCUT2D eigenvalue weighted by Gasteiger charge is -2.42. The van der Waals surface area contributed by atoms with Crippen molar-refractivity contribution in [2.75, 3.05) is 52.5 Å². The molecule has 0 bridgehead atoms. The second kappa shape index (κ2) is 7.54. The van der Waals surface area contributed by atoms with E-state index in [0.717, 1.165) is 39.1 Å². The third-order valence-corrected chi connectivity index (χ3v) is 3.98. The molecule has 0 saturated carbocycles. The quantitative estimate of drug-likeness (QED) is 0.780. The van der Waals surface area contributed by atoms with E-state index in [9.17, 15) is 9.90 Å². The second-order valence-corrected chi connectivity index (χ2v) is 6.51. The minimum absolute atomic E-state index is 0.0483. The first kappa shape index (κ1) is 16.7. The number of hydrogen-bond acceptors (Lipinski definition) is 5. The highest BCUT2D eigenvalue weighted by molar-refractivity contribution is 5.76. The summed E-state index contributed by atoms with van der Waals surface area (Å²) in [5.74, 6) is 0.226. The molecule has 0 spiro atoms. The Hall–Kier alpha value is -0.690. The molecule has 0 aromatic heterocycles. The van der Waals surface area contributed by atoms with Gasteiger partial charge in [-0.3, -0.25) is 9.69 Å². The van der Waals surface area contributed by atoms with Gasteiger partial charge in [-0.15, -0.1) is 0 Å². The van der Waals surface area contributed by atoms with Crippen LogP contribution in [0.4, 0.5) is 0 Å². The number of amides is 1. The highest BCUT2D eigenvalue weighted by atomic mass is 16.5. The Morgan fingerprint density at radius 2 is 2.05 bits per heavy atom. The van der Waals surface area contributed by atoms with Crippen molar-refractivity contribution >= 4 is 5.91 Å². The molecule has 2 heterocycles. The van der Waals surface area contributed by atoms with E-state index >= 15 is 0 Å². The topological polar surface area (TPSA) is 62.2 Å². The molecule has 0 radical (unpaired) electrons. The monoisotopic (exact) mass is 300 g/mol. The number of nitrogens with zero attached hydrogens (tertiary/aromatic N) is 2. The molecule has 6 nitrogen and oxygen atoms in total. The molecule has 2 aliphatic heterocycles. The van der Waals surface area contributed by atoms with Crippen LogP contribution in [0.1, 0.15) is 26.7 Å². The summed E-state index contributed by atoms with van der Waals surface area (Å²) in [5, 5.41) is 9.30. The Balaban J connectivity index is 1.71. The van der Waals surface area contributed by atoms with E-state index in [-0.39, 0.29) is 24.2 Å². The van der Waals surface area contributed by atoms with E-state index in [1.807, 2.05) is 18.7 Å². The third-order valence-electron chi connectivity index (χ3n) is 3.98. The van der Waals surface area contributed by atoms with Gasteiger partial charge in [0.2, 0.25) is 5.91 Å². The van der Waals surface area contributed by atoms with E-state index in [2.05, 4.69) is 4.90 Å². The Kier molecular flexibility index (Phi) is 5.98. The lowest BCUT2D eigenvalue weighted by Crippen LogP contribution is -2.54. The van der Waals surface area contributed by atoms with Crippen LogP contribution in [0.5, 0.6) is 0 Å². The molecular formula is C15H28N2O4. The highest BCUT2D eigenvalue weighted by Gasteiger charge is 2.32. The average molecular weight is 300 g/mol. The van der Waals surface area contributed by atoms with Gasteiger partial charge in [-0.05, 0) is 26.8 Å². The fourth-order valence-electron chi connectivity index (χ4n) is 3.11. The zero-order valence-corrected chi connectivity index (χ0v) is 13.2. The molecule has 2 rings (SSSR count). The molecule has 122 valence electrons. The molecule has 1 atom stereocenters. The summed E-state index contributed by atoms with van der Waals surface area (Å²) in [6.07, 6.45) is 1.31. The molecular weight excluding hydrogens is 272 g/mol. The van der Waals surface area contributed by atoms with Crippen molar-refractivity contribution in [2.24, 2.45) is 0 Å². The number of carbonyl (C=O) groups is 1. The fourth-order valence-corrected chi connectivity index (χ4v) is 3.11. The maximum atomic E-state index is 12.1. The van der Waals surface area contributed by atoms with E-state index < -0.39 is 0 Å². The summed E-state index contributed by atoms with van der Waals surface area (Å²) in [6.45, 7) is 9.34. The maximum absolute atomic E-state index is 12.1. The summed E-state index contributed by atoms with van der Waals surface area (Å²) >= 11 is 0. The van der Waals surface area contributed by atoms with Crippen molar-refractivity contribution in [3.05, 3.63) is 0 Å². The Labute approximate surface area is 127 Å². The van der Waals surface area contributed by atoms with Crippen LogP contribution in [0.3, 0.4) is 0 Å². The van der Waals surface area contributed by atoms with E-state index in [0.29, 0.717) is 19.6 Å². The van der Waals surface area contributed by atoms with Crippen LogP contribution in [0.15, 0.2) is 0 Å². The van der Waals surface area contributed by atoms with Crippen molar-refractivity contribution in [2.45, 2.75) is 38.4 Å². The first-order valence-corrected chi connectivity index (χ1v) is 7.87. The summed E-state index contributed by atoms with van der Waals surface area (Å²) < 4.78 is 11.1. The van der Waals surface area contributed by atoms with Crippen LogP contribution in [-0.4, -0.2) is 85.1 Å². The molecule has 21 heavy (non-hydrogen) atoms. The van der Waals surface area contributed by atoms with Crippen molar-refractivity contribution in [1.29, 1.82) is 0 Å². The van der Waals surface area contributed by atoms with Gasteiger partial charge in [0, 0.05) is 32.6 Å². The van der Waals surface area contributed by atoms with Crippen molar-refractivity contribution in [3.8, 4) is 0 Å². The molecule has 1 N–H and O–H groups in total. The van der Waals surface area contributed by atoms with Crippen LogP contribution >= 0.6 is 0 Å². The maximum Gasteiger partial charge on any atom is 0.222 e. The van der Waals surface area contributed by atoms with Gasteiger partial charge in [-0.1, -0.05) is 0 Å². The van der Waals surface area contributed by atoms with Gasteiger partial charge in [0.25, 0.3) is 0 Å². The molecule has 1 unspecified atom stereocenters. The number of hydrogen-bond donors (Lipinski definition) is 1. The summed E-state index contributed by atoms with van der Waals surface area (Å²) in [6, 6.07) is 0. The molecule has 0 aromatic rings. The van der Waals surface area contributed by atoms with Crippen LogP contribution in [-0.2, 0) is 14.3 Å². The van der Waals surface area contributed by atoms with Gasteiger partial charge >= 0.3 is 0 Å². The molecule has 2 saturated heterocycles. The minimum Gasteiger partial charge on any atom is -0.394 e. The smallest absolute Gasteiger partial charge is 0.222 e. The van der Waals surface area contributed by atoms with Crippen LogP contribution < -0.4 is 0 Å². The molecule has 6 heteroatoms. The third kappa shape index (κ3) is 5.21. The Morgan fingerprint density at radius 3 is 2.71 bits per heavy atom. The van der Waals surface area contributed by atoms with Crippen molar-refractivity contribution in [1.82, 2.24) is 9.80 Å². The van der Waals surface area contributed by atoms with E-state index in [1.54, 1.807) is 0 Å². The Bertz CT molecular complexity index is 343. The van der Waals surface area contributed by atoms with Gasteiger partial charge in [0.05, 0.1) is 31.5 Å². The normalized spacial score (nSPS) is 26.8. The summed E-state index contributed by atoms with van der Waals surface area (Å²) in [4.78, 5) is 16.3. The predicted molar refractivity (Wildman–Crippen MR) is 79.1 cm³/mol. The molecule has 2 aliphatic rings. The van der Waals surface area contributed by atoms with Gasteiger partial charge in [0.15, 0.2) is 0 Å². The molecule has 0 aromatic carbocycles. The molecule has 0 aliphatic carbocycles. The van der Waals surface area contributed by atoms with Gasteiger partial charge < -0.3 is 19.5 Å². The zero-order valence-electron chi connectivity index (χ0n) is 13.2. The van der Waals surface area contributed by atoms with E-state index in [1.165, 1.54) is 0 Å². The first-order valence-electron chi connectivity index (χ1n) is 7.87. The first-order chi connectivity index (χ1) is 10.00. The van der Waals surface area contributed by atoms with Crippen LogP contribution in [0, 0.1) is 0 Å². The fraction of sp³-hybridized carbons (Fsp3) is 0.933. The molecule has 1 amide bonds. The average Bonchev–Trinajstić information content (AvgIpc) is 2.46. The summed E-state index contributed by atoms with van der Waals surface area (Å²) in [7, 11) is 0.